The molecule has 1 atom stereocenters. The van der Waals surface area contributed by atoms with Crippen molar-refractivity contribution in [2.24, 2.45) is 4.99 Å². The van der Waals surface area contributed by atoms with Crippen LogP contribution in [0.5, 0.6) is 0 Å². The number of fused-ring (bicyclic) bond motifs is 1. The van der Waals surface area contributed by atoms with Gasteiger partial charge in [0, 0.05) is 12.1 Å². The lowest BCUT2D eigenvalue weighted by atomic mass is 9.93. The maximum atomic E-state index is 13.7. The Kier molecular flexibility index (Phi) is 7.69. The van der Waals surface area contributed by atoms with Crippen LogP contribution in [0.1, 0.15) is 49.4 Å². The van der Waals surface area contributed by atoms with Crippen molar-refractivity contribution in [1.29, 1.82) is 0 Å². The summed E-state index contributed by atoms with van der Waals surface area (Å²) in [6, 6.07) is 14.7. The lowest BCUT2D eigenvalue weighted by Gasteiger charge is -2.25. The molecule has 4 rings (SSSR count). The topological polar surface area (TPSA) is 69.9 Å². The molecule has 0 spiro atoms. The summed E-state index contributed by atoms with van der Waals surface area (Å²) >= 11 is 7.60. The van der Waals surface area contributed by atoms with Crippen LogP contribution >= 0.6 is 22.9 Å². The molecule has 0 bridgehead atoms. The molecule has 2 heterocycles. The van der Waals surface area contributed by atoms with Crippen LogP contribution in [0.15, 0.2) is 69.6 Å². The number of rotatable bonds is 7. The van der Waals surface area contributed by atoms with Crippen molar-refractivity contribution in [2.45, 2.75) is 32.7 Å². The number of benzene rings is 2. The average molecular weight is 511 g/mol. The van der Waals surface area contributed by atoms with E-state index in [1.807, 2.05) is 42.5 Å². The van der Waals surface area contributed by atoms with Gasteiger partial charge < -0.3 is 9.47 Å². The molecular weight excluding hydrogens is 484 g/mol. The van der Waals surface area contributed by atoms with Crippen LogP contribution < -0.4 is 14.9 Å². The zero-order chi connectivity index (χ0) is 25.1. The minimum Gasteiger partial charge on any atom is -0.460 e. The van der Waals surface area contributed by atoms with Crippen LogP contribution in [-0.2, 0) is 14.3 Å². The van der Waals surface area contributed by atoms with Crippen molar-refractivity contribution in [3.05, 3.63) is 101 Å². The summed E-state index contributed by atoms with van der Waals surface area (Å²) in [6.07, 6.45) is 1.76. The van der Waals surface area contributed by atoms with E-state index >= 15 is 0 Å². The maximum absolute atomic E-state index is 13.7. The van der Waals surface area contributed by atoms with Gasteiger partial charge in [-0.25, -0.2) is 9.79 Å². The van der Waals surface area contributed by atoms with Gasteiger partial charge in [-0.05, 0) is 41.7 Å². The van der Waals surface area contributed by atoms with E-state index < -0.39 is 12.0 Å². The highest BCUT2D eigenvalue weighted by Gasteiger charge is 2.33. The molecule has 1 aliphatic heterocycles. The highest BCUT2D eigenvalue weighted by atomic mass is 35.5. The monoisotopic (exact) mass is 510 g/mol. The zero-order valence-electron chi connectivity index (χ0n) is 20.1. The number of thiazole rings is 1. The third-order valence-corrected chi connectivity index (χ3v) is 7.20. The summed E-state index contributed by atoms with van der Waals surface area (Å²) in [6.45, 7) is 6.41. The van der Waals surface area contributed by atoms with Gasteiger partial charge in [-0.1, -0.05) is 79.2 Å². The molecule has 1 unspecified atom stereocenters. The van der Waals surface area contributed by atoms with Gasteiger partial charge in [0.1, 0.15) is 6.61 Å². The largest absolute Gasteiger partial charge is 0.460 e. The molecule has 35 heavy (non-hydrogen) atoms. The summed E-state index contributed by atoms with van der Waals surface area (Å²) in [4.78, 5) is 32.0. The van der Waals surface area contributed by atoms with Gasteiger partial charge in [-0.15, -0.1) is 0 Å². The molecule has 1 aromatic heterocycles. The minimum absolute atomic E-state index is 0.113. The Morgan fingerprint density at radius 1 is 1.17 bits per heavy atom. The van der Waals surface area contributed by atoms with E-state index in [9.17, 15) is 9.59 Å². The molecule has 0 fully saturated rings. The molecule has 3 aromatic rings. The van der Waals surface area contributed by atoms with Gasteiger partial charge in [0.15, 0.2) is 4.80 Å². The summed E-state index contributed by atoms with van der Waals surface area (Å²) in [5.41, 5.74) is 3.36. The minimum atomic E-state index is -0.657. The lowest BCUT2D eigenvalue weighted by Crippen LogP contribution is -2.40. The van der Waals surface area contributed by atoms with Crippen LogP contribution in [0, 0.1) is 0 Å². The van der Waals surface area contributed by atoms with Crippen molar-refractivity contribution in [1.82, 2.24) is 4.57 Å². The maximum Gasteiger partial charge on any atom is 0.338 e. The van der Waals surface area contributed by atoms with E-state index in [0.29, 0.717) is 31.5 Å². The number of methoxy groups -OCH3 is 1. The number of allylic oxidation sites excluding steroid dienone is 1. The SMILES string of the molecule is COCCOC(=O)C1=C(C)N=c2sc(=Cc3ccccc3Cl)c(=O)n2C1c1ccc(C(C)C)cc1. The van der Waals surface area contributed by atoms with Crippen LogP contribution in [0.3, 0.4) is 0 Å². The number of ether oxygens (including phenoxy) is 2. The molecular formula is C27H27ClN2O4S. The van der Waals surface area contributed by atoms with Crippen molar-refractivity contribution in [3.63, 3.8) is 0 Å². The standard InChI is InChI=1S/C27H27ClN2O4S/c1-16(2)18-9-11-19(12-10-18)24-23(26(32)34-14-13-33-4)17(3)29-27-30(24)25(31)22(35-27)15-20-7-5-6-8-21(20)28/h5-12,15-16,24H,13-14H2,1-4H3. The third kappa shape index (κ3) is 5.17. The molecule has 0 saturated heterocycles. The molecule has 2 aromatic carbocycles. The van der Waals surface area contributed by atoms with Crippen molar-refractivity contribution in [3.8, 4) is 0 Å². The van der Waals surface area contributed by atoms with E-state index in [-0.39, 0.29) is 18.8 Å². The number of hydrogen-bond acceptors (Lipinski definition) is 6. The molecule has 8 heteroatoms. The van der Waals surface area contributed by atoms with E-state index in [0.717, 1.165) is 11.1 Å². The Bertz CT molecular complexity index is 1450. The summed E-state index contributed by atoms with van der Waals surface area (Å²) in [5.74, 6) is -0.154. The van der Waals surface area contributed by atoms with Gasteiger partial charge in [-0.3, -0.25) is 9.36 Å². The highest BCUT2D eigenvalue weighted by molar-refractivity contribution is 7.07. The number of nitrogens with zero attached hydrogens (tertiary/aromatic N) is 2. The molecule has 6 nitrogen and oxygen atoms in total. The van der Waals surface area contributed by atoms with Crippen LogP contribution in [0.2, 0.25) is 5.02 Å². The van der Waals surface area contributed by atoms with Crippen LogP contribution in [0.4, 0.5) is 0 Å². The molecule has 182 valence electrons. The second kappa shape index (κ2) is 10.7. The first-order chi connectivity index (χ1) is 16.8. The number of carbonyl (C=O) groups excluding carboxylic acids is 1. The molecule has 0 N–H and O–H groups in total. The number of carbonyl (C=O) groups is 1. The van der Waals surface area contributed by atoms with Crippen molar-refractivity contribution in [2.75, 3.05) is 20.3 Å². The molecule has 0 radical (unpaired) electrons. The summed E-state index contributed by atoms with van der Waals surface area (Å²) < 4.78 is 12.5. The Morgan fingerprint density at radius 3 is 2.54 bits per heavy atom. The van der Waals surface area contributed by atoms with E-state index in [2.05, 4.69) is 18.8 Å². The number of hydrogen-bond donors (Lipinski definition) is 0. The fourth-order valence-electron chi connectivity index (χ4n) is 3.99. The average Bonchev–Trinajstić information content (AvgIpc) is 3.14. The zero-order valence-corrected chi connectivity index (χ0v) is 21.7. The summed E-state index contributed by atoms with van der Waals surface area (Å²) in [7, 11) is 1.54. The summed E-state index contributed by atoms with van der Waals surface area (Å²) in [5, 5.41) is 0.553. The predicted octanol–water partition coefficient (Wildman–Crippen LogP) is 4.20. The van der Waals surface area contributed by atoms with Crippen molar-refractivity contribution >= 4 is 35.0 Å². The van der Waals surface area contributed by atoms with E-state index in [1.165, 1.54) is 16.9 Å². The van der Waals surface area contributed by atoms with Crippen LogP contribution in [-0.4, -0.2) is 30.9 Å². The smallest absolute Gasteiger partial charge is 0.338 e. The van der Waals surface area contributed by atoms with Gasteiger partial charge in [0.25, 0.3) is 5.56 Å². The Labute approximate surface area is 212 Å². The molecule has 1 aliphatic rings. The predicted molar refractivity (Wildman–Crippen MR) is 139 cm³/mol. The van der Waals surface area contributed by atoms with Crippen LogP contribution in [0.25, 0.3) is 6.08 Å². The Balaban J connectivity index is 1.89. The Morgan fingerprint density at radius 2 is 1.89 bits per heavy atom. The third-order valence-electron chi connectivity index (χ3n) is 5.87. The number of halogens is 1. The van der Waals surface area contributed by atoms with Gasteiger partial charge in [0.2, 0.25) is 0 Å². The number of aromatic nitrogens is 1. The quantitative estimate of drug-likeness (QED) is 0.353. The van der Waals surface area contributed by atoms with Crippen molar-refractivity contribution < 1.29 is 14.3 Å². The fourth-order valence-corrected chi connectivity index (χ4v) is 5.22. The first kappa shape index (κ1) is 25.1. The number of esters is 1. The lowest BCUT2D eigenvalue weighted by molar-refractivity contribution is -0.140. The molecule has 0 saturated carbocycles. The highest BCUT2D eigenvalue weighted by Crippen LogP contribution is 2.31. The first-order valence-electron chi connectivity index (χ1n) is 11.3. The molecule has 0 amide bonds. The molecule has 0 aliphatic carbocycles. The van der Waals surface area contributed by atoms with Gasteiger partial charge in [0.05, 0.1) is 28.5 Å². The Hall–Kier alpha value is -3.00. The first-order valence-corrected chi connectivity index (χ1v) is 12.5. The van der Waals surface area contributed by atoms with Gasteiger partial charge in [-0.2, -0.15) is 0 Å². The normalized spacial score (nSPS) is 15.8. The second-order valence-electron chi connectivity index (χ2n) is 8.55. The van der Waals surface area contributed by atoms with E-state index in [4.69, 9.17) is 21.1 Å². The van der Waals surface area contributed by atoms with E-state index in [1.54, 1.807) is 30.7 Å². The van der Waals surface area contributed by atoms with Gasteiger partial charge >= 0.3 is 5.97 Å². The second-order valence-corrected chi connectivity index (χ2v) is 9.97. The fraction of sp³-hybridized carbons (Fsp3) is 0.296.